The topological polar surface area (TPSA) is 66.1 Å². The van der Waals surface area contributed by atoms with Crippen LogP contribution < -0.4 is 0 Å². The van der Waals surface area contributed by atoms with Gasteiger partial charge in [0.1, 0.15) is 0 Å². The van der Waals surface area contributed by atoms with Crippen molar-refractivity contribution in [3.05, 3.63) is 108 Å². The summed E-state index contributed by atoms with van der Waals surface area (Å²) in [6.07, 6.45) is 0. The van der Waals surface area contributed by atoms with Gasteiger partial charge in [0.25, 0.3) is 0 Å². The van der Waals surface area contributed by atoms with Gasteiger partial charge in [0.05, 0.1) is 29.2 Å². The molecular formula is C26H23N3O2S. The molecule has 2 heterocycles. The number of aryl methyl sites for hydroxylation is 1. The van der Waals surface area contributed by atoms with Crippen molar-refractivity contribution >= 4 is 31.8 Å². The number of aromatic nitrogens is 2. The Morgan fingerprint density at radius 1 is 0.812 bits per heavy atom. The van der Waals surface area contributed by atoms with E-state index in [2.05, 4.69) is 4.98 Å². The van der Waals surface area contributed by atoms with Gasteiger partial charge >= 0.3 is 0 Å². The van der Waals surface area contributed by atoms with Gasteiger partial charge in [-0.1, -0.05) is 60.2 Å². The van der Waals surface area contributed by atoms with Crippen LogP contribution in [-0.4, -0.2) is 22.7 Å². The second-order valence-electron chi connectivity index (χ2n) is 7.96. The van der Waals surface area contributed by atoms with Gasteiger partial charge in [0.15, 0.2) is 0 Å². The number of H-pyrrole nitrogens is 1. The average Bonchev–Trinajstić information content (AvgIpc) is 3.21. The molecule has 160 valence electrons. The third-order valence-corrected chi connectivity index (χ3v) is 7.39. The van der Waals surface area contributed by atoms with Crippen LogP contribution in [0.25, 0.3) is 21.8 Å². The predicted molar refractivity (Wildman–Crippen MR) is 128 cm³/mol. The molecule has 0 radical (unpaired) electrons. The zero-order chi connectivity index (χ0) is 22.1. The van der Waals surface area contributed by atoms with E-state index in [0.717, 1.165) is 33.1 Å². The molecule has 5 rings (SSSR count). The first-order valence-corrected chi connectivity index (χ1v) is 11.9. The van der Waals surface area contributed by atoms with E-state index in [4.69, 9.17) is 4.98 Å². The van der Waals surface area contributed by atoms with Crippen LogP contribution in [0.4, 0.5) is 0 Å². The highest BCUT2D eigenvalue weighted by Crippen LogP contribution is 2.24. The number of benzene rings is 3. The fourth-order valence-corrected chi connectivity index (χ4v) is 5.26. The standard InChI is InChI=1S/C26H23N3O2S/c1-19-10-14-24(15-11-19)32(30,31)29(18-23-16-21-7-3-5-9-26(21)28-23)17-22-13-12-20-6-2-4-8-25(20)27-22/h2-16,28H,17-18H2,1H3. The molecule has 0 spiro atoms. The summed E-state index contributed by atoms with van der Waals surface area (Å²) >= 11 is 0. The maximum Gasteiger partial charge on any atom is 0.243 e. The molecule has 0 aliphatic heterocycles. The Balaban J connectivity index is 1.54. The molecule has 0 aliphatic carbocycles. The van der Waals surface area contributed by atoms with Gasteiger partial charge in [-0.2, -0.15) is 4.31 Å². The number of hydrogen-bond donors (Lipinski definition) is 1. The van der Waals surface area contributed by atoms with Crippen molar-refractivity contribution in [2.24, 2.45) is 0 Å². The lowest BCUT2D eigenvalue weighted by atomic mass is 10.2. The monoisotopic (exact) mass is 441 g/mol. The number of aromatic amines is 1. The SMILES string of the molecule is Cc1ccc(S(=O)(=O)N(Cc2ccc3ccccc3n2)Cc2cc3ccccc3[nH]2)cc1. The van der Waals surface area contributed by atoms with Crippen molar-refractivity contribution in [2.45, 2.75) is 24.9 Å². The molecule has 0 amide bonds. The molecule has 0 saturated heterocycles. The average molecular weight is 442 g/mol. The zero-order valence-corrected chi connectivity index (χ0v) is 18.5. The van der Waals surface area contributed by atoms with E-state index >= 15 is 0 Å². The zero-order valence-electron chi connectivity index (χ0n) is 17.7. The minimum Gasteiger partial charge on any atom is -0.357 e. The fourth-order valence-electron chi connectivity index (χ4n) is 3.87. The van der Waals surface area contributed by atoms with Gasteiger partial charge in [-0.15, -0.1) is 0 Å². The molecule has 0 aliphatic rings. The molecule has 32 heavy (non-hydrogen) atoms. The molecule has 0 atom stereocenters. The maximum atomic E-state index is 13.6. The number of pyridine rings is 1. The highest BCUT2D eigenvalue weighted by atomic mass is 32.2. The first-order valence-electron chi connectivity index (χ1n) is 10.5. The smallest absolute Gasteiger partial charge is 0.243 e. The Kier molecular flexibility index (Phi) is 5.25. The van der Waals surface area contributed by atoms with Crippen LogP contribution in [0.1, 0.15) is 17.0 Å². The number of fused-ring (bicyclic) bond motifs is 2. The summed E-state index contributed by atoms with van der Waals surface area (Å²) in [6.45, 7) is 2.34. The molecule has 5 nitrogen and oxygen atoms in total. The van der Waals surface area contributed by atoms with Gasteiger partial charge in [-0.05, 0) is 48.7 Å². The minimum atomic E-state index is -3.73. The van der Waals surface area contributed by atoms with Gasteiger partial charge in [-0.25, -0.2) is 8.42 Å². The number of sulfonamides is 1. The molecule has 0 bridgehead atoms. The number of hydrogen-bond acceptors (Lipinski definition) is 3. The van der Waals surface area contributed by atoms with E-state index in [1.165, 1.54) is 4.31 Å². The second-order valence-corrected chi connectivity index (χ2v) is 9.90. The highest BCUT2D eigenvalue weighted by molar-refractivity contribution is 7.89. The Morgan fingerprint density at radius 3 is 2.31 bits per heavy atom. The Hall–Kier alpha value is -3.48. The Bertz CT molecular complexity index is 1470. The van der Waals surface area contributed by atoms with Crippen LogP contribution in [0.2, 0.25) is 0 Å². The minimum absolute atomic E-state index is 0.177. The maximum absolute atomic E-state index is 13.6. The molecule has 0 unspecified atom stereocenters. The predicted octanol–water partition coefficient (Wildman–Crippen LogP) is 5.42. The number of rotatable bonds is 6. The lowest BCUT2D eigenvalue weighted by molar-refractivity contribution is 0.394. The van der Waals surface area contributed by atoms with E-state index < -0.39 is 10.0 Å². The molecule has 2 aromatic heterocycles. The molecule has 0 saturated carbocycles. The van der Waals surface area contributed by atoms with Crippen LogP contribution in [0.3, 0.4) is 0 Å². The number of nitrogens with one attached hydrogen (secondary N) is 1. The highest BCUT2D eigenvalue weighted by Gasteiger charge is 2.26. The van der Waals surface area contributed by atoms with Gasteiger partial charge in [-0.3, -0.25) is 4.98 Å². The first kappa shape index (κ1) is 20.4. The van der Waals surface area contributed by atoms with Crippen LogP contribution in [0.5, 0.6) is 0 Å². The van der Waals surface area contributed by atoms with E-state index in [-0.39, 0.29) is 18.0 Å². The van der Waals surface area contributed by atoms with Crippen LogP contribution in [0.15, 0.2) is 95.9 Å². The molecule has 3 aromatic carbocycles. The summed E-state index contributed by atoms with van der Waals surface area (Å²) in [5.74, 6) is 0. The van der Waals surface area contributed by atoms with E-state index in [0.29, 0.717) is 5.69 Å². The molecular weight excluding hydrogens is 418 g/mol. The summed E-state index contributed by atoms with van der Waals surface area (Å²) in [4.78, 5) is 8.33. The van der Waals surface area contributed by atoms with Crippen LogP contribution >= 0.6 is 0 Å². The molecule has 1 N–H and O–H groups in total. The molecule has 5 aromatic rings. The summed E-state index contributed by atoms with van der Waals surface area (Å²) in [7, 11) is -3.73. The van der Waals surface area contributed by atoms with Crippen LogP contribution in [0, 0.1) is 6.92 Å². The van der Waals surface area contributed by atoms with Crippen molar-refractivity contribution in [3.8, 4) is 0 Å². The quantitative estimate of drug-likeness (QED) is 0.383. The number of nitrogens with zero attached hydrogens (tertiary/aromatic N) is 2. The van der Waals surface area contributed by atoms with Crippen molar-refractivity contribution in [1.29, 1.82) is 0 Å². The Morgan fingerprint density at radius 2 is 1.53 bits per heavy atom. The van der Waals surface area contributed by atoms with Crippen molar-refractivity contribution < 1.29 is 8.42 Å². The van der Waals surface area contributed by atoms with Crippen molar-refractivity contribution in [1.82, 2.24) is 14.3 Å². The normalized spacial score (nSPS) is 12.1. The molecule has 6 heteroatoms. The van der Waals surface area contributed by atoms with Crippen molar-refractivity contribution in [3.63, 3.8) is 0 Å². The third kappa shape index (κ3) is 4.02. The lowest BCUT2D eigenvalue weighted by Crippen LogP contribution is -2.30. The Labute approximate surface area is 187 Å². The van der Waals surface area contributed by atoms with E-state index in [1.807, 2.05) is 85.8 Å². The van der Waals surface area contributed by atoms with Gasteiger partial charge in [0.2, 0.25) is 10.0 Å². The van der Waals surface area contributed by atoms with Gasteiger partial charge in [0, 0.05) is 16.6 Å². The van der Waals surface area contributed by atoms with E-state index in [1.54, 1.807) is 12.1 Å². The fraction of sp³-hybridized carbons (Fsp3) is 0.115. The number of para-hydroxylation sites is 2. The summed E-state index contributed by atoms with van der Waals surface area (Å²) in [5, 5.41) is 2.08. The van der Waals surface area contributed by atoms with Crippen molar-refractivity contribution in [2.75, 3.05) is 0 Å². The summed E-state index contributed by atoms with van der Waals surface area (Å²) in [6, 6.07) is 28.6. The largest absolute Gasteiger partial charge is 0.357 e. The van der Waals surface area contributed by atoms with E-state index in [9.17, 15) is 8.42 Å². The first-order chi connectivity index (χ1) is 15.5. The molecule has 0 fully saturated rings. The van der Waals surface area contributed by atoms with Crippen LogP contribution in [-0.2, 0) is 23.1 Å². The third-order valence-electron chi connectivity index (χ3n) is 5.59. The lowest BCUT2D eigenvalue weighted by Gasteiger charge is -2.22. The summed E-state index contributed by atoms with van der Waals surface area (Å²) < 4.78 is 28.7. The summed E-state index contributed by atoms with van der Waals surface area (Å²) in [5.41, 5.74) is 4.39. The second kappa shape index (κ2) is 8.22. The van der Waals surface area contributed by atoms with Gasteiger partial charge < -0.3 is 4.98 Å².